The van der Waals surface area contributed by atoms with Gasteiger partial charge in [0.15, 0.2) is 0 Å². The number of hydrogen-bond donors (Lipinski definition) is 1. The van der Waals surface area contributed by atoms with E-state index in [4.69, 9.17) is 4.74 Å². The summed E-state index contributed by atoms with van der Waals surface area (Å²) in [6.45, 7) is 0.0415. The van der Waals surface area contributed by atoms with Gasteiger partial charge < -0.3 is 10.1 Å². The maximum absolute atomic E-state index is 12.9. The summed E-state index contributed by atoms with van der Waals surface area (Å²) in [5, 5.41) is 3.49. The number of rotatable bonds is 3. The van der Waals surface area contributed by atoms with Gasteiger partial charge in [-0.3, -0.25) is 0 Å². The highest BCUT2D eigenvalue weighted by Gasteiger charge is 2.35. The summed E-state index contributed by atoms with van der Waals surface area (Å²) in [7, 11) is 0. The van der Waals surface area contributed by atoms with E-state index in [9.17, 15) is 13.2 Å². The van der Waals surface area contributed by atoms with Crippen molar-refractivity contribution < 1.29 is 17.9 Å². The Balaban J connectivity index is 1.64. The van der Waals surface area contributed by atoms with Crippen LogP contribution in [0.5, 0.6) is 0 Å². The Hall–Kier alpha value is -1.07. The Morgan fingerprint density at radius 1 is 1.10 bits per heavy atom. The lowest BCUT2D eigenvalue weighted by Crippen LogP contribution is -2.41. The molecule has 1 N–H and O–H groups in total. The van der Waals surface area contributed by atoms with Crippen molar-refractivity contribution in [1.82, 2.24) is 5.32 Å². The smallest absolute Gasteiger partial charge is 0.373 e. The second kappa shape index (κ2) is 5.37. The molecule has 2 atom stereocenters. The van der Waals surface area contributed by atoms with E-state index in [-0.39, 0.29) is 18.3 Å². The minimum Gasteiger partial charge on any atom is -0.373 e. The molecule has 0 saturated carbocycles. The maximum atomic E-state index is 12.9. The van der Waals surface area contributed by atoms with Gasteiger partial charge in [-0.15, -0.1) is 0 Å². The van der Waals surface area contributed by atoms with Crippen molar-refractivity contribution in [3.05, 3.63) is 35.4 Å². The molecule has 3 rings (SSSR count). The average Bonchev–Trinajstić information content (AvgIpc) is 2.75. The van der Waals surface area contributed by atoms with Crippen LogP contribution in [0.15, 0.2) is 24.3 Å². The summed E-state index contributed by atoms with van der Waals surface area (Å²) in [5.74, 6) is 0. The summed E-state index contributed by atoms with van der Waals surface area (Å²) in [6, 6.07) is 6.62. The molecule has 0 spiro atoms. The molecule has 1 aromatic rings. The van der Waals surface area contributed by atoms with E-state index in [0.29, 0.717) is 12.1 Å². The molecular formula is C15H18F3NO. The number of piperidine rings is 1. The summed E-state index contributed by atoms with van der Waals surface area (Å²) >= 11 is 0. The molecule has 2 fully saturated rings. The second-order valence-electron chi connectivity index (χ2n) is 5.70. The normalized spacial score (nSPS) is 29.6. The average molecular weight is 285 g/mol. The van der Waals surface area contributed by atoms with E-state index in [1.165, 1.54) is 12.1 Å². The third-order valence-corrected chi connectivity index (χ3v) is 4.23. The van der Waals surface area contributed by atoms with Crippen LogP contribution in [0.2, 0.25) is 0 Å². The number of ether oxygens (including phenoxy) is 1. The molecule has 2 saturated heterocycles. The topological polar surface area (TPSA) is 21.3 Å². The second-order valence-corrected chi connectivity index (χ2v) is 5.70. The first kappa shape index (κ1) is 13.9. The van der Waals surface area contributed by atoms with Gasteiger partial charge in [-0.2, -0.15) is 13.2 Å². The maximum Gasteiger partial charge on any atom is 0.416 e. The lowest BCUT2D eigenvalue weighted by molar-refractivity contribution is -0.139. The van der Waals surface area contributed by atoms with Crippen molar-refractivity contribution in [2.24, 2.45) is 0 Å². The number of benzene rings is 1. The Morgan fingerprint density at radius 3 is 2.40 bits per heavy atom. The van der Waals surface area contributed by atoms with E-state index in [1.807, 2.05) is 0 Å². The molecule has 0 aromatic heterocycles. The van der Waals surface area contributed by atoms with Crippen LogP contribution in [-0.4, -0.2) is 18.2 Å². The van der Waals surface area contributed by atoms with Crippen LogP contribution in [0.1, 0.15) is 36.8 Å². The van der Waals surface area contributed by atoms with Gasteiger partial charge in [-0.05, 0) is 37.3 Å². The predicted molar refractivity (Wildman–Crippen MR) is 69.2 cm³/mol. The van der Waals surface area contributed by atoms with E-state index in [1.54, 1.807) is 6.07 Å². The number of hydrogen-bond acceptors (Lipinski definition) is 2. The number of nitrogens with one attached hydrogen (secondary N) is 1. The number of halogens is 3. The third kappa shape index (κ3) is 2.99. The van der Waals surface area contributed by atoms with E-state index in [2.05, 4.69) is 5.32 Å². The Kier molecular flexibility index (Phi) is 3.73. The van der Waals surface area contributed by atoms with Gasteiger partial charge in [0.05, 0.1) is 18.3 Å². The zero-order valence-electron chi connectivity index (χ0n) is 11.1. The molecule has 2 nitrogen and oxygen atoms in total. The van der Waals surface area contributed by atoms with Crippen molar-refractivity contribution in [2.45, 2.75) is 56.7 Å². The number of alkyl halides is 3. The van der Waals surface area contributed by atoms with Crippen molar-refractivity contribution in [2.75, 3.05) is 0 Å². The van der Waals surface area contributed by atoms with Gasteiger partial charge in [-0.1, -0.05) is 18.2 Å². The summed E-state index contributed by atoms with van der Waals surface area (Å²) < 4.78 is 44.4. The first-order valence-electron chi connectivity index (χ1n) is 7.05. The highest BCUT2D eigenvalue weighted by molar-refractivity contribution is 5.29. The molecule has 2 heterocycles. The van der Waals surface area contributed by atoms with Gasteiger partial charge in [0.1, 0.15) is 0 Å². The molecule has 110 valence electrons. The molecule has 2 bridgehead atoms. The third-order valence-electron chi connectivity index (χ3n) is 4.23. The van der Waals surface area contributed by atoms with Crippen LogP contribution in [0.25, 0.3) is 0 Å². The zero-order chi connectivity index (χ0) is 14.2. The minimum atomic E-state index is -4.31. The van der Waals surface area contributed by atoms with Crippen LogP contribution in [0.4, 0.5) is 13.2 Å². The lowest BCUT2D eigenvalue weighted by Gasteiger charge is -2.29. The van der Waals surface area contributed by atoms with Gasteiger partial charge in [-0.25, -0.2) is 0 Å². The largest absolute Gasteiger partial charge is 0.416 e. The van der Waals surface area contributed by atoms with Crippen LogP contribution in [0.3, 0.4) is 0 Å². The summed E-state index contributed by atoms with van der Waals surface area (Å²) in [4.78, 5) is 0. The van der Waals surface area contributed by atoms with Crippen LogP contribution in [0, 0.1) is 0 Å². The lowest BCUT2D eigenvalue weighted by atomic mass is 10.0. The molecule has 2 aliphatic heterocycles. The molecule has 0 radical (unpaired) electrons. The van der Waals surface area contributed by atoms with Crippen LogP contribution in [-0.2, 0) is 17.5 Å². The quantitative estimate of drug-likeness (QED) is 0.917. The Bertz CT molecular complexity index is 462. The van der Waals surface area contributed by atoms with Gasteiger partial charge in [0.2, 0.25) is 0 Å². The molecule has 0 amide bonds. The van der Waals surface area contributed by atoms with E-state index in [0.717, 1.165) is 31.7 Å². The Labute approximate surface area is 116 Å². The Morgan fingerprint density at radius 2 is 1.75 bits per heavy atom. The number of fused-ring (bicyclic) bond motifs is 2. The highest BCUT2D eigenvalue weighted by atomic mass is 19.4. The summed E-state index contributed by atoms with van der Waals surface area (Å²) in [5.41, 5.74) is -0.359. The first-order valence-corrected chi connectivity index (χ1v) is 7.05. The molecular weight excluding hydrogens is 267 g/mol. The fourth-order valence-corrected chi connectivity index (χ4v) is 3.27. The zero-order valence-corrected chi connectivity index (χ0v) is 11.1. The van der Waals surface area contributed by atoms with E-state index >= 15 is 0 Å². The van der Waals surface area contributed by atoms with Crippen molar-refractivity contribution >= 4 is 0 Å². The first-order chi connectivity index (χ1) is 9.52. The molecule has 0 aliphatic carbocycles. The van der Waals surface area contributed by atoms with Gasteiger partial charge in [0.25, 0.3) is 0 Å². The van der Waals surface area contributed by atoms with Crippen molar-refractivity contribution in [3.8, 4) is 0 Å². The molecule has 2 aliphatic rings. The molecule has 5 heteroatoms. The fourth-order valence-electron chi connectivity index (χ4n) is 3.27. The van der Waals surface area contributed by atoms with Crippen molar-refractivity contribution in [3.63, 3.8) is 0 Å². The van der Waals surface area contributed by atoms with Crippen molar-refractivity contribution in [1.29, 1.82) is 0 Å². The molecule has 1 aromatic carbocycles. The van der Waals surface area contributed by atoms with Crippen LogP contribution >= 0.6 is 0 Å². The SMILES string of the molecule is FC(F)(F)c1ccccc1COC1CC2CCC(C1)N2. The molecule has 20 heavy (non-hydrogen) atoms. The monoisotopic (exact) mass is 285 g/mol. The predicted octanol–water partition coefficient (Wildman–Crippen LogP) is 3.51. The van der Waals surface area contributed by atoms with E-state index < -0.39 is 11.7 Å². The standard InChI is InChI=1S/C15H18F3NO/c16-15(17,18)14-4-2-1-3-10(14)9-20-13-7-11-5-6-12(8-13)19-11/h1-4,11-13,19H,5-9H2. The molecule has 2 unspecified atom stereocenters. The minimum absolute atomic E-state index is 0.0415. The van der Waals surface area contributed by atoms with Gasteiger partial charge >= 0.3 is 6.18 Å². The van der Waals surface area contributed by atoms with Crippen LogP contribution < -0.4 is 5.32 Å². The van der Waals surface area contributed by atoms with Gasteiger partial charge in [0, 0.05) is 12.1 Å². The summed E-state index contributed by atoms with van der Waals surface area (Å²) in [6.07, 6.45) is -0.106. The fraction of sp³-hybridized carbons (Fsp3) is 0.600. The highest BCUT2D eigenvalue weighted by Crippen LogP contribution is 2.33.